The van der Waals surface area contributed by atoms with Gasteiger partial charge in [0.15, 0.2) is 0 Å². The smallest absolute Gasteiger partial charge is 0.104 e. The van der Waals surface area contributed by atoms with E-state index in [4.69, 9.17) is 38.4 Å². The fraction of sp³-hybridized carbons (Fsp3) is 0.667. The summed E-state index contributed by atoms with van der Waals surface area (Å²) >= 11 is 0. The normalized spacial score (nSPS) is 22.4. The number of pyridine rings is 2. The van der Waals surface area contributed by atoms with Gasteiger partial charge in [0.1, 0.15) is 12.2 Å². The summed E-state index contributed by atoms with van der Waals surface area (Å²) < 4.78 is 35.1. The highest BCUT2D eigenvalue weighted by Crippen LogP contribution is 2.37. The van der Waals surface area contributed by atoms with Gasteiger partial charge >= 0.3 is 0 Å². The number of hydrogen-bond acceptors (Lipinski definition) is 8. The average Bonchev–Trinajstić information content (AvgIpc) is 2.86. The Bertz CT molecular complexity index is 879. The van der Waals surface area contributed by atoms with E-state index in [-0.39, 0.29) is 23.0 Å². The van der Waals surface area contributed by atoms with Crippen molar-refractivity contribution in [3.63, 3.8) is 0 Å². The van der Waals surface area contributed by atoms with Crippen molar-refractivity contribution in [3.05, 3.63) is 47.8 Å². The summed E-state index contributed by atoms with van der Waals surface area (Å²) in [5.41, 5.74) is 3.06. The predicted molar refractivity (Wildman–Crippen MR) is 147 cm³/mol. The molecule has 0 N–H and O–H groups in total. The first-order chi connectivity index (χ1) is 18.2. The van der Waals surface area contributed by atoms with Gasteiger partial charge in [0, 0.05) is 0 Å². The standard InChI is InChI=1S/C30H46N2O6/c1-29(2,3)27-25-11-7-9-23(31-25)24-10-8-12-26(32-24)28(30(4,5)6)38-22-20-36-18-16-34-14-13-33-15-17-35-19-21-37-27/h7-12,27-28H,13-22H2,1-6H3/t27-,28-/m0/s1. The molecular weight excluding hydrogens is 484 g/mol. The van der Waals surface area contributed by atoms with E-state index in [1.165, 1.54) is 0 Å². The van der Waals surface area contributed by atoms with Crippen molar-refractivity contribution < 1.29 is 28.4 Å². The van der Waals surface area contributed by atoms with Gasteiger partial charge in [-0.15, -0.1) is 0 Å². The summed E-state index contributed by atoms with van der Waals surface area (Å²) in [6.45, 7) is 18.0. The molecule has 0 aliphatic carbocycles. The van der Waals surface area contributed by atoms with Crippen LogP contribution in [0.3, 0.4) is 0 Å². The summed E-state index contributed by atoms with van der Waals surface area (Å²) in [7, 11) is 0. The van der Waals surface area contributed by atoms with Crippen LogP contribution in [-0.4, -0.2) is 76.0 Å². The van der Waals surface area contributed by atoms with Gasteiger partial charge < -0.3 is 28.4 Å². The Morgan fingerprint density at radius 1 is 0.500 bits per heavy atom. The molecule has 0 saturated carbocycles. The molecule has 0 radical (unpaired) electrons. The Balaban J connectivity index is 1.84. The first kappa shape index (κ1) is 30.6. The molecule has 38 heavy (non-hydrogen) atoms. The van der Waals surface area contributed by atoms with Crippen molar-refractivity contribution in [1.29, 1.82) is 0 Å². The largest absolute Gasteiger partial charge is 0.377 e. The minimum absolute atomic E-state index is 0.151. The molecule has 1 aliphatic heterocycles. The third-order valence-corrected chi connectivity index (χ3v) is 6.05. The van der Waals surface area contributed by atoms with Crippen molar-refractivity contribution in [2.75, 3.05) is 66.1 Å². The highest BCUT2D eigenvalue weighted by atomic mass is 16.6. The summed E-state index contributed by atoms with van der Waals surface area (Å²) in [5, 5.41) is 0. The zero-order valence-corrected chi connectivity index (χ0v) is 24.0. The van der Waals surface area contributed by atoms with Gasteiger partial charge in [-0.05, 0) is 35.1 Å². The Morgan fingerprint density at radius 3 is 1.13 bits per heavy atom. The lowest BCUT2D eigenvalue weighted by Gasteiger charge is -2.31. The third kappa shape index (κ3) is 9.98. The Labute approximate surface area is 228 Å². The van der Waals surface area contributed by atoms with Gasteiger partial charge in [0.05, 0.1) is 88.8 Å². The van der Waals surface area contributed by atoms with Crippen LogP contribution in [0, 0.1) is 10.8 Å². The zero-order chi connectivity index (χ0) is 27.4. The van der Waals surface area contributed by atoms with Crippen LogP contribution in [0.4, 0.5) is 0 Å². The predicted octanol–water partition coefficient (Wildman–Crippen LogP) is 5.43. The highest BCUT2D eigenvalue weighted by molar-refractivity contribution is 5.54. The van der Waals surface area contributed by atoms with Crippen molar-refractivity contribution in [1.82, 2.24) is 9.97 Å². The van der Waals surface area contributed by atoms with Crippen LogP contribution in [0.5, 0.6) is 0 Å². The second kappa shape index (κ2) is 15.0. The van der Waals surface area contributed by atoms with Crippen LogP contribution >= 0.6 is 0 Å². The molecule has 0 spiro atoms. The van der Waals surface area contributed by atoms with Crippen LogP contribution in [0.15, 0.2) is 36.4 Å². The molecule has 8 heteroatoms. The van der Waals surface area contributed by atoms with E-state index in [9.17, 15) is 0 Å². The molecule has 2 aromatic heterocycles. The number of hydrogen-bond donors (Lipinski definition) is 0. The SMILES string of the molecule is CC(C)(C)[C@H]1OCCOCCOCCOCCOCCO[C@H](C(C)(C)C)c2cccc(n2)-c2cccc1n2. The number of rotatable bonds is 0. The van der Waals surface area contributed by atoms with Crippen LogP contribution in [0.2, 0.25) is 0 Å². The Hall–Kier alpha value is -1.94. The van der Waals surface area contributed by atoms with Crippen molar-refractivity contribution in [2.24, 2.45) is 10.8 Å². The van der Waals surface area contributed by atoms with E-state index < -0.39 is 0 Å². The second-order valence-corrected chi connectivity index (χ2v) is 11.6. The minimum Gasteiger partial charge on any atom is -0.377 e. The second-order valence-electron chi connectivity index (χ2n) is 11.6. The molecule has 0 saturated heterocycles. The van der Waals surface area contributed by atoms with E-state index in [1.807, 2.05) is 36.4 Å². The lowest BCUT2D eigenvalue weighted by molar-refractivity contribution is -0.0592. The molecule has 8 nitrogen and oxygen atoms in total. The van der Waals surface area contributed by atoms with E-state index >= 15 is 0 Å². The lowest BCUT2D eigenvalue weighted by Crippen LogP contribution is -2.25. The van der Waals surface area contributed by atoms with Crippen LogP contribution in [-0.2, 0) is 28.4 Å². The Kier molecular flexibility index (Phi) is 12.1. The maximum absolute atomic E-state index is 6.30. The Morgan fingerprint density at radius 2 is 0.816 bits per heavy atom. The topological polar surface area (TPSA) is 81.2 Å². The van der Waals surface area contributed by atoms with Gasteiger partial charge in [-0.1, -0.05) is 53.7 Å². The first-order valence-corrected chi connectivity index (χ1v) is 13.6. The molecule has 212 valence electrons. The van der Waals surface area contributed by atoms with Crippen LogP contribution < -0.4 is 0 Å². The summed E-state index contributed by atoms with van der Waals surface area (Å²) in [6.07, 6.45) is -0.391. The molecule has 3 heterocycles. The van der Waals surface area contributed by atoms with E-state index in [0.717, 1.165) is 22.8 Å². The van der Waals surface area contributed by atoms with Gasteiger partial charge in [-0.3, -0.25) is 0 Å². The molecule has 0 unspecified atom stereocenters. The van der Waals surface area contributed by atoms with E-state index in [0.29, 0.717) is 66.1 Å². The molecule has 0 aromatic carbocycles. The van der Waals surface area contributed by atoms with E-state index in [1.54, 1.807) is 0 Å². The number of ether oxygens (including phenoxy) is 6. The molecule has 2 aromatic rings. The quantitative estimate of drug-likeness (QED) is 0.446. The zero-order valence-electron chi connectivity index (χ0n) is 24.0. The minimum atomic E-state index is -0.196. The fourth-order valence-corrected chi connectivity index (χ4v) is 4.25. The molecule has 0 fully saturated rings. The fourth-order valence-electron chi connectivity index (χ4n) is 4.25. The van der Waals surface area contributed by atoms with Crippen molar-refractivity contribution in [2.45, 2.75) is 53.8 Å². The summed E-state index contributed by atoms with van der Waals surface area (Å²) in [4.78, 5) is 9.99. The van der Waals surface area contributed by atoms with Gasteiger partial charge in [-0.2, -0.15) is 0 Å². The molecule has 4 bridgehead atoms. The number of fused-ring (bicyclic) bond motifs is 5. The van der Waals surface area contributed by atoms with Gasteiger partial charge in [0.2, 0.25) is 0 Å². The van der Waals surface area contributed by atoms with E-state index in [2.05, 4.69) is 41.5 Å². The molecule has 2 atom stereocenters. The number of nitrogens with zero attached hydrogens (tertiary/aromatic N) is 2. The lowest BCUT2D eigenvalue weighted by atomic mass is 9.86. The molecular formula is C30H46N2O6. The molecule has 3 rings (SSSR count). The molecule has 0 amide bonds. The van der Waals surface area contributed by atoms with Crippen LogP contribution in [0.1, 0.15) is 65.1 Å². The number of aromatic nitrogens is 2. The highest BCUT2D eigenvalue weighted by Gasteiger charge is 2.30. The van der Waals surface area contributed by atoms with Gasteiger partial charge in [-0.25, -0.2) is 9.97 Å². The third-order valence-electron chi connectivity index (χ3n) is 6.05. The maximum atomic E-state index is 6.30. The average molecular weight is 531 g/mol. The first-order valence-electron chi connectivity index (χ1n) is 13.6. The van der Waals surface area contributed by atoms with Crippen molar-refractivity contribution >= 4 is 0 Å². The van der Waals surface area contributed by atoms with Gasteiger partial charge in [0.25, 0.3) is 0 Å². The molecule has 1 aliphatic rings. The summed E-state index contributed by atoms with van der Waals surface area (Å²) in [6, 6.07) is 12.1. The summed E-state index contributed by atoms with van der Waals surface area (Å²) in [5.74, 6) is 0. The monoisotopic (exact) mass is 530 g/mol. The van der Waals surface area contributed by atoms with Crippen molar-refractivity contribution in [3.8, 4) is 11.4 Å². The van der Waals surface area contributed by atoms with Crippen LogP contribution in [0.25, 0.3) is 11.4 Å². The maximum Gasteiger partial charge on any atom is 0.104 e.